The van der Waals surface area contributed by atoms with Crippen molar-refractivity contribution in [2.24, 2.45) is 5.92 Å². The number of rotatable bonds is 6. The van der Waals surface area contributed by atoms with Gasteiger partial charge in [0.15, 0.2) is 0 Å². The predicted molar refractivity (Wildman–Crippen MR) is 80.1 cm³/mol. The van der Waals surface area contributed by atoms with Crippen molar-refractivity contribution in [2.45, 2.75) is 31.7 Å². The molecule has 114 valence electrons. The van der Waals surface area contributed by atoms with E-state index in [9.17, 15) is 4.79 Å². The first-order chi connectivity index (χ1) is 10.3. The molecule has 1 aromatic rings. The molecule has 1 atom stereocenters. The van der Waals surface area contributed by atoms with E-state index < -0.39 is 0 Å². The van der Waals surface area contributed by atoms with E-state index >= 15 is 0 Å². The van der Waals surface area contributed by atoms with Gasteiger partial charge < -0.3 is 10.1 Å². The van der Waals surface area contributed by atoms with Gasteiger partial charge in [-0.3, -0.25) is 9.69 Å². The first-order valence-corrected chi connectivity index (χ1v) is 7.85. The largest absolute Gasteiger partial charge is 0.477 e. The summed E-state index contributed by atoms with van der Waals surface area (Å²) in [5.74, 6) is 1.33. The quantitative estimate of drug-likeness (QED) is 0.861. The Morgan fingerprint density at radius 2 is 2.29 bits per heavy atom. The number of carbonyl (C=O) groups is 1. The molecule has 1 amide bonds. The van der Waals surface area contributed by atoms with Gasteiger partial charge in [-0.1, -0.05) is 6.07 Å². The average Bonchev–Trinajstić information content (AvgIpc) is 3.30. The van der Waals surface area contributed by atoms with E-state index in [2.05, 4.69) is 15.2 Å². The van der Waals surface area contributed by atoms with Gasteiger partial charge in [0.05, 0.1) is 13.2 Å². The third-order valence-electron chi connectivity index (χ3n) is 4.02. The number of likely N-dealkylation sites (tertiary alicyclic amines) is 1. The van der Waals surface area contributed by atoms with Crippen LogP contribution >= 0.6 is 0 Å². The summed E-state index contributed by atoms with van der Waals surface area (Å²) >= 11 is 0. The molecule has 0 aromatic carbocycles. The molecule has 1 saturated carbocycles. The van der Waals surface area contributed by atoms with Gasteiger partial charge >= 0.3 is 0 Å². The summed E-state index contributed by atoms with van der Waals surface area (Å²) in [5.41, 5.74) is 0. The maximum atomic E-state index is 11.9. The minimum Gasteiger partial charge on any atom is -0.477 e. The molecule has 21 heavy (non-hydrogen) atoms. The van der Waals surface area contributed by atoms with E-state index in [4.69, 9.17) is 4.74 Å². The molecule has 2 fully saturated rings. The first-order valence-electron chi connectivity index (χ1n) is 7.85. The Kier molecular flexibility index (Phi) is 4.70. The van der Waals surface area contributed by atoms with Crippen LogP contribution in [0.5, 0.6) is 5.88 Å². The lowest BCUT2D eigenvalue weighted by Crippen LogP contribution is -2.44. The molecule has 0 bridgehead atoms. The van der Waals surface area contributed by atoms with Crippen LogP contribution in [-0.2, 0) is 4.79 Å². The summed E-state index contributed by atoms with van der Waals surface area (Å²) in [7, 11) is 0. The Labute approximate surface area is 125 Å². The SMILES string of the molecule is O=C(CN1CCCC(COc2ccccn2)C1)NC1CC1. The summed E-state index contributed by atoms with van der Waals surface area (Å²) in [6.45, 7) is 3.15. The van der Waals surface area contributed by atoms with Gasteiger partial charge in [-0.2, -0.15) is 0 Å². The first kappa shape index (κ1) is 14.3. The van der Waals surface area contributed by atoms with Gasteiger partial charge in [-0.05, 0) is 38.3 Å². The molecule has 3 rings (SSSR count). The highest BCUT2D eigenvalue weighted by molar-refractivity contribution is 5.78. The molecule has 1 aliphatic heterocycles. The van der Waals surface area contributed by atoms with Crippen molar-refractivity contribution in [2.75, 3.05) is 26.2 Å². The summed E-state index contributed by atoms with van der Waals surface area (Å²) in [4.78, 5) is 18.3. The van der Waals surface area contributed by atoms with E-state index in [1.54, 1.807) is 6.20 Å². The third kappa shape index (κ3) is 4.70. The minimum atomic E-state index is 0.170. The monoisotopic (exact) mass is 289 g/mol. The smallest absolute Gasteiger partial charge is 0.234 e. The van der Waals surface area contributed by atoms with Crippen LogP contribution < -0.4 is 10.1 Å². The molecular formula is C16H23N3O2. The molecule has 1 aromatic heterocycles. The topological polar surface area (TPSA) is 54.5 Å². The fraction of sp³-hybridized carbons (Fsp3) is 0.625. The van der Waals surface area contributed by atoms with Crippen LogP contribution in [0, 0.1) is 5.92 Å². The molecule has 0 spiro atoms. The molecule has 2 heterocycles. The molecule has 1 unspecified atom stereocenters. The number of aromatic nitrogens is 1. The highest BCUT2D eigenvalue weighted by atomic mass is 16.5. The zero-order valence-corrected chi connectivity index (χ0v) is 12.3. The number of piperidine rings is 1. The fourth-order valence-corrected chi connectivity index (χ4v) is 2.77. The van der Waals surface area contributed by atoms with Crippen molar-refractivity contribution in [1.29, 1.82) is 0 Å². The molecule has 5 heteroatoms. The highest BCUT2D eigenvalue weighted by Gasteiger charge is 2.26. The molecule has 5 nitrogen and oxygen atoms in total. The van der Waals surface area contributed by atoms with Crippen LogP contribution in [0.25, 0.3) is 0 Å². The number of amides is 1. The van der Waals surface area contributed by atoms with Crippen molar-refractivity contribution in [1.82, 2.24) is 15.2 Å². The molecule has 1 N–H and O–H groups in total. The van der Waals surface area contributed by atoms with Gasteiger partial charge in [0, 0.05) is 30.8 Å². The summed E-state index contributed by atoms with van der Waals surface area (Å²) in [5, 5.41) is 3.05. The number of ether oxygens (including phenoxy) is 1. The lowest BCUT2D eigenvalue weighted by atomic mass is 9.99. The van der Waals surface area contributed by atoms with Gasteiger partial charge in [0.2, 0.25) is 11.8 Å². The van der Waals surface area contributed by atoms with Crippen molar-refractivity contribution in [3.05, 3.63) is 24.4 Å². The molecule has 2 aliphatic rings. The van der Waals surface area contributed by atoms with Crippen LogP contribution in [0.4, 0.5) is 0 Å². The van der Waals surface area contributed by atoms with E-state index in [0.29, 0.717) is 31.0 Å². The van der Waals surface area contributed by atoms with Crippen molar-refractivity contribution < 1.29 is 9.53 Å². The third-order valence-corrected chi connectivity index (χ3v) is 4.02. The van der Waals surface area contributed by atoms with Crippen LogP contribution in [0.2, 0.25) is 0 Å². The Morgan fingerprint density at radius 1 is 1.38 bits per heavy atom. The van der Waals surface area contributed by atoms with Crippen LogP contribution in [0.3, 0.4) is 0 Å². The Balaban J connectivity index is 1.41. The molecular weight excluding hydrogens is 266 g/mol. The normalized spacial score (nSPS) is 22.8. The number of hydrogen-bond acceptors (Lipinski definition) is 4. The second kappa shape index (κ2) is 6.89. The zero-order chi connectivity index (χ0) is 14.5. The minimum absolute atomic E-state index is 0.170. The maximum absolute atomic E-state index is 11.9. The lowest BCUT2D eigenvalue weighted by molar-refractivity contribution is -0.122. The standard InChI is InChI=1S/C16H23N3O2/c20-15(18-14-6-7-14)11-19-9-3-4-13(10-19)12-21-16-5-1-2-8-17-16/h1-2,5,8,13-14H,3-4,6-7,9-12H2,(H,18,20). The lowest BCUT2D eigenvalue weighted by Gasteiger charge is -2.31. The van der Waals surface area contributed by atoms with E-state index in [1.807, 2.05) is 18.2 Å². The highest BCUT2D eigenvalue weighted by Crippen LogP contribution is 2.20. The van der Waals surface area contributed by atoms with Crippen LogP contribution in [0.1, 0.15) is 25.7 Å². The predicted octanol–water partition coefficient (Wildman–Crippen LogP) is 1.45. The number of pyridine rings is 1. The number of nitrogens with one attached hydrogen (secondary N) is 1. The second-order valence-electron chi connectivity index (χ2n) is 6.06. The van der Waals surface area contributed by atoms with Crippen LogP contribution in [0.15, 0.2) is 24.4 Å². The Morgan fingerprint density at radius 3 is 3.05 bits per heavy atom. The van der Waals surface area contributed by atoms with Crippen molar-refractivity contribution in [3.63, 3.8) is 0 Å². The Bertz CT molecular complexity index is 462. The zero-order valence-electron chi connectivity index (χ0n) is 12.3. The fourth-order valence-electron chi connectivity index (χ4n) is 2.77. The van der Waals surface area contributed by atoms with E-state index in [-0.39, 0.29) is 5.91 Å². The molecule has 1 saturated heterocycles. The average molecular weight is 289 g/mol. The van der Waals surface area contributed by atoms with Crippen molar-refractivity contribution in [3.8, 4) is 5.88 Å². The van der Waals surface area contributed by atoms with E-state index in [1.165, 1.54) is 0 Å². The summed E-state index contributed by atoms with van der Waals surface area (Å²) < 4.78 is 5.74. The van der Waals surface area contributed by atoms with Gasteiger partial charge in [0.25, 0.3) is 0 Å². The van der Waals surface area contributed by atoms with Gasteiger partial charge in [-0.15, -0.1) is 0 Å². The molecule has 1 aliphatic carbocycles. The maximum Gasteiger partial charge on any atom is 0.234 e. The number of hydrogen-bond donors (Lipinski definition) is 1. The second-order valence-corrected chi connectivity index (χ2v) is 6.06. The summed E-state index contributed by atoms with van der Waals surface area (Å²) in [6, 6.07) is 6.14. The van der Waals surface area contributed by atoms with Gasteiger partial charge in [-0.25, -0.2) is 4.98 Å². The van der Waals surface area contributed by atoms with Gasteiger partial charge in [0.1, 0.15) is 0 Å². The summed E-state index contributed by atoms with van der Waals surface area (Å²) in [6.07, 6.45) is 6.32. The van der Waals surface area contributed by atoms with Crippen LogP contribution in [-0.4, -0.2) is 48.1 Å². The molecule has 0 radical (unpaired) electrons. The Hall–Kier alpha value is -1.62. The van der Waals surface area contributed by atoms with E-state index in [0.717, 1.165) is 38.8 Å². The number of nitrogens with zero attached hydrogens (tertiary/aromatic N) is 2. The number of carbonyl (C=O) groups excluding carboxylic acids is 1. The van der Waals surface area contributed by atoms with Crippen molar-refractivity contribution >= 4 is 5.91 Å².